The van der Waals surface area contributed by atoms with Gasteiger partial charge in [-0.3, -0.25) is 14.6 Å². The number of hydrogen-bond acceptors (Lipinski definition) is 9. The molecule has 2 heterocycles. The summed E-state index contributed by atoms with van der Waals surface area (Å²) in [4.78, 5) is 50.0. The number of fused-ring (bicyclic) bond motifs is 1. The molecule has 13 nitrogen and oxygen atoms in total. The highest BCUT2D eigenvalue weighted by Gasteiger charge is 2.38. The van der Waals surface area contributed by atoms with Gasteiger partial charge in [-0.1, -0.05) is 32.6 Å². The fraction of sp³-hybridized carbons (Fsp3) is 0.382. The van der Waals surface area contributed by atoms with Crippen molar-refractivity contribution < 1.29 is 42.1 Å². The number of hydrogen-bond donors (Lipinski definition) is 3. The van der Waals surface area contributed by atoms with Crippen LogP contribution >= 0.6 is 0 Å². The number of aromatic nitrogens is 2. The molecule has 0 bridgehead atoms. The molecule has 2 aromatic carbocycles. The van der Waals surface area contributed by atoms with E-state index in [9.17, 15) is 22.8 Å². The number of ether oxygens (including phenoxy) is 2. The fourth-order valence-electron chi connectivity index (χ4n) is 4.92. The molecular formula is C34H42F3N7O6. The third-order valence-corrected chi connectivity index (χ3v) is 7.58. The molecule has 0 aliphatic carbocycles. The van der Waals surface area contributed by atoms with Gasteiger partial charge >= 0.3 is 18.2 Å². The number of rotatable bonds is 15. The van der Waals surface area contributed by atoms with E-state index in [1.54, 1.807) is 54.5 Å². The van der Waals surface area contributed by atoms with Crippen LogP contribution in [0.15, 0.2) is 61.3 Å². The molecule has 270 valence electrons. The monoisotopic (exact) mass is 701 g/mol. The van der Waals surface area contributed by atoms with Gasteiger partial charge in [0.2, 0.25) is 11.9 Å². The predicted molar refractivity (Wildman–Crippen MR) is 184 cm³/mol. The number of carbonyl (C=O) groups excluding carboxylic acids is 2. The highest BCUT2D eigenvalue weighted by atomic mass is 19.4. The number of carboxylic acid groups (broad SMARTS) is 1. The zero-order valence-electron chi connectivity index (χ0n) is 28.4. The third-order valence-electron chi connectivity index (χ3n) is 7.58. The topological polar surface area (TPSA) is 149 Å². The summed E-state index contributed by atoms with van der Waals surface area (Å²) in [7, 11) is 3.14. The van der Waals surface area contributed by atoms with Crippen LogP contribution in [0.1, 0.15) is 37.8 Å². The van der Waals surface area contributed by atoms with Crippen molar-refractivity contribution in [2.45, 2.75) is 46.0 Å². The summed E-state index contributed by atoms with van der Waals surface area (Å²) in [5, 5.41) is 13.2. The van der Waals surface area contributed by atoms with Crippen LogP contribution in [0.2, 0.25) is 0 Å². The van der Waals surface area contributed by atoms with E-state index in [1.165, 1.54) is 6.08 Å². The first-order valence-electron chi connectivity index (χ1n) is 15.8. The number of urea groups is 1. The van der Waals surface area contributed by atoms with Gasteiger partial charge in [-0.15, -0.1) is 0 Å². The molecule has 0 spiro atoms. The summed E-state index contributed by atoms with van der Waals surface area (Å²) < 4.78 is 42.7. The van der Waals surface area contributed by atoms with E-state index < -0.39 is 12.1 Å². The normalized spacial score (nSPS) is 12.4. The van der Waals surface area contributed by atoms with Crippen molar-refractivity contribution in [1.29, 1.82) is 0 Å². The number of carbonyl (C=O) groups is 3. The average Bonchev–Trinajstić information content (AvgIpc) is 3.10. The minimum atomic E-state index is -5.08. The second-order valence-corrected chi connectivity index (χ2v) is 10.9. The van der Waals surface area contributed by atoms with Crippen LogP contribution in [0.25, 0.3) is 0 Å². The number of benzene rings is 2. The number of amides is 3. The molecule has 4 rings (SSSR count). The Morgan fingerprint density at radius 1 is 1.08 bits per heavy atom. The average molecular weight is 702 g/mol. The number of unbranched alkanes of at least 4 members (excludes halogenated alkanes) is 1. The maximum atomic E-state index is 14.1. The SMILES string of the molecule is C=CC(=O)Nc1cccc(CN2C(=O)N(c3cc(OC)cc(OC)c3)Cc3cnc(NCCCCN(CC)CC)nc32)c1.O=C(O)C(F)(F)F. The summed E-state index contributed by atoms with van der Waals surface area (Å²) in [6.45, 7) is 12.2. The summed E-state index contributed by atoms with van der Waals surface area (Å²) >= 11 is 0. The number of anilines is 4. The standard InChI is InChI=1S/C32H41N7O4.C2HF3O2/c1-6-29(40)35-25-13-11-12-23(16-25)21-39-30-24(20-34-31(36-30)33-14-9-10-15-37(7-2)8-3)22-38(32(39)41)26-17-27(42-4)19-28(18-26)43-5;3-2(4,5)1(6)7/h6,11-13,16-20H,1,7-10,14-15,21-22H2,2-5H3,(H,35,40)(H,33,34,36);(H,6,7). The second-order valence-electron chi connectivity index (χ2n) is 10.9. The van der Waals surface area contributed by atoms with Gasteiger partial charge in [-0.25, -0.2) is 14.6 Å². The number of halogens is 3. The third kappa shape index (κ3) is 11.1. The van der Waals surface area contributed by atoms with Gasteiger partial charge in [-0.2, -0.15) is 18.2 Å². The van der Waals surface area contributed by atoms with Crippen molar-refractivity contribution in [2.75, 3.05) is 60.8 Å². The maximum Gasteiger partial charge on any atom is 0.490 e. The molecule has 3 aromatic rings. The number of nitrogens with zero attached hydrogens (tertiary/aromatic N) is 5. The van der Waals surface area contributed by atoms with Gasteiger partial charge in [0.05, 0.1) is 33.0 Å². The van der Waals surface area contributed by atoms with Crippen molar-refractivity contribution in [3.8, 4) is 11.5 Å². The van der Waals surface area contributed by atoms with Gasteiger partial charge < -0.3 is 30.1 Å². The van der Waals surface area contributed by atoms with E-state index >= 15 is 0 Å². The highest BCUT2D eigenvalue weighted by molar-refractivity contribution is 6.05. The summed E-state index contributed by atoms with van der Waals surface area (Å²) in [5.41, 5.74) is 2.84. The van der Waals surface area contributed by atoms with Crippen molar-refractivity contribution in [3.05, 3.63) is 72.4 Å². The van der Waals surface area contributed by atoms with Gasteiger partial charge in [0.25, 0.3) is 0 Å². The second kappa shape index (κ2) is 18.4. The van der Waals surface area contributed by atoms with Crippen molar-refractivity contribution in [3.63, 3.8) is 0 Å². The molecule has 0 saturated carbocycles. The Labute approximate surface area is 288 Å². The van der Waals surface area contributed by atoms with Crippen LogP contribution in [0.3, 0.4) is 0 Å². The lowest BCUT2D eigenvalue weighted by Crippen LogP contribution is -2.47. The van der Waals surface area contributed by atoms with Crippen molar-refractivity contribution >= 4 is 41.0 Å². The lowest BCUT2D eigenvalue weighted by molar-refractivity contribution is -0.192. The highest BCUT2D eigenvalue weighted by Crippen LogP contribution is 2.35. The molecule has 1 aromatic heterocycles. The molecule has 0 atom stereocenters. The number of aliphatic carboxylic acids is 1. The number of methoxy groups -OCH3 is 2. The van der Waals surface area contributed by atoms with E-state index in [2.05, 4.69) is 40.9 Å². The van der Waals surface area contributed by atoms with Crippen LogP contribution in [0, 0.1) is 0 Å². The van der Waals surface area contributed by atoms with Gasteiger partial charge in [0.1, 0.15) is 17.3 Å². The number of nitrogens with one attached hydrogen (secondary N) is 2. The first-order valence-corrected chi connectivity index (χ1v) is 15.8. The smallest absolute Gasteiger partial charge is 0.490 e. The van der Waals surface area contributed by atoms with Crippen LogP contribution in [0.4, 0.5) is 41.1 Å². The molecule has 1 aliphatic rings. The number of carboxylic acids is 1. The minimum absolute atomic E-state index is 0.224. The lowest BCUT2D eigenvalue weighted by Gasteiger charge is -2.36. The molecule has 0 unspecified atom stereocenters. The fourth-order valence-corrected chi connectivity index (χ4v) is 4.92. The Hall–Kier alpha value is -5.38. The Morgan fingerprint density at radius 3 is 2.32 bits per heavy atom. The maximum absolute atomic E-state index is 14.1. The Morgan fingerprint density at radius 2 is 1.74 bits per heavy atom. The molecular weight excluding hydrogens is 659 g/mol. The van der Waals surface area contributed by atoms with Gasteiger partial charge in [-0.05, 0) is 56.2 Å². The molecule has 1 aliphatic heterocycles. The zero-order valence-corrected chi connectivity index (χ0v) is 28.4. The molecule has 50 heavy (non-hydrogen) atoms. The first-order chi connectivity index (χ1) is 23.8. The Kier molecular flexibility index (Phi) is 14.4. The van der Waals surface area contributed by atoms with E-state index in [4.69, 9.17) is 24.4 Å². The molecule has 0 radical (unpaired) electrons. The first kappa shape index (κ1) is 39.1. The largest absolute Gasteiger partial charge is 0.497 e. The van der Waals surface area contributed by atoms with Crippen molar-refractivity contribution in [2.24, 2.45) is 0 Å². The Balaban J connectivity index is 0.000000872. The quantitative estimate of drug-likeness (QED) is 0.129. The zero-order chi connectivity index (χ0) is 36.8. The summed E-state index contributed by atoms with van der Waals surface area (Å²) in [6.07, 6.45) is -0.0479. The van der Waals surface area contributed by atoms with Gasteiger partial charge in [0.15, 0.2) is 0 Å². The lowest BCUT2D eigenvalue weighted by atomic mass is 10.1. The summed E-state index contributed by atoms with van der Waals surface area (Å²) in [5.74, 6) is -0.910. The number of alkyl halides is 3. The Bertz CT molecular complexity index is 1610. The van der Waals surface area contributed by atoms with Crippen LogP contribution < -0.4 is 29.9 Å². The molecule has 3 N–H and O–H groups in total. The molecule has 0 saturated heterocycles. The van der Waals surface area contributed by atoms with E-state index in [-0.39, 0.29) is 25.0 Å². The molecule has 16 heteroatoms. The van der Waals surface area contributed by atoms with Gasteiger partial charge in [0, 0.05) is 42.2 Å². The van der Waals surface area contributed by atoms with Crippen LogP contribution in [0.5, 0.6) is 11.5 Å². The predicted octanol–water partition coefficient (Wildman–Crippen LogP) is 5.93. The molecule has 3 amide bonds. The summed E-state index contributed by atoms with van der Waals surface area (Å²) in [6, 6.07) is 12.4. The van der Waals surface area contributed by atoms with Crippen molar-refractivity contribution in [1.82, 2.24) is 14.9 Å². The van der Waals surface area contributed by atoms with Crippen LogP contribution in [-0.4, -0.2) is 84.5 Å². The minimum Gasteiger partial charge on any atom is -0.497 e. The molecule has 0 fully saturated rings. The van der Waals surface area contributed by atoms with E-state index in [0.29, 0.717) is 34.6 Å². The van der Waals surface area contributed by atoms with E-state index in [0.717, 1.165) is 50.1 Å². The van der Waals surface area contributed by atoms with E-state index in [1.807, 2.05) is 18.2 Å². The van der Waals surface area contributed by atoms with Crippen LogP contribution in [-0.2, 0) is 22.7 Å².